The van der Waals surface area contributed by atoms with Gasteiger partial charge in [-0.1, -0.05) is 12.1 Å². The summed E-state index contributed by atoms with van der Waals surface area (Å²) in [7, 11) is -4.65. The number of hydrogen-bond acceptors (Lipinski definition) is 6. The Morgan fingerprint density at radius 2 is 1.21 bits per heavy atom. The number of carbonyl (C=O) groups is 2. The van der Waals surface area contributed by atoms with E-state index in [-0.39, 0.29) is 11.1 Å². The monoisotopic (exact) mass is 424 g/mol. The summed E-state index contributed by atoms with van der Waals surface area (Å²) in [4.78, 5) is 23.4. The molecule has 0 aliphatic carbocycles. The first-order valence-corrected chi connectivity index (χ1v) is 10.4. The van der Waals surface area contributed by atoms with Crippen molar-refractivity contribution in [1.82, 2.24) is 0 Å². The highest BCUT2D eigenvalue weighted by atomic mass is 32.2. The van der Waals surface area contributed by atoms with Gasteiger partial charge in [0.1, 0.15) is 16.1 Å². The van der Waals surface area contributed by atoms with Crippen LogP contribution < -0.4 is 0 Å². The van der Waals surface area contributed by atoms with Crippen molar-refractivity contribution >= 4 is 34.2 Å². The molecule has 0 heterocycles. The molecule has 29 heavy (non-hydrogen) atoms. The molecule has 160 valence electrons. The highest BCUT2D eigenvalue weighted by molar-refractivity contribution is 7.86. The maximum absolute atomic E-state index is 12.0. The van der Waals surface area contributed by atoms with Crippen molar-refractivity contribution < 1.29 is 32.0 Å². The van der Waals surface area contributed by atoms with Gasteiger partial charge in [0.05, 0.1) is 0 Å². The number of rotatable bonds is 5. The molecule has 0 bridgehead atoms. The third-order valence-corrected chi connectivity index (χ3v) is 4.15. The first-order valence-electron chi connectivity index (χ1n) is 8.92. The van der Waals surface area contributed by atoms with Crippen LogP contribution in [0.1, 0.15) is 58.2 Å². The van der Waals surface area contributed by atoms with E-state index in [1.54, 1.807) is 48.5 Å². The minimum atomic E-state index is -4.65. The van der Waals surface area contributed by atoms with E-state index in [0.717, 1.165) is 12.2 Å². The van der Waals surface area contributed by atoms with Gasteiger partial charge < -0.3 is 9.47 Å². The van der Waals surface area contributed by atoms with Gasteiger partial charge in [-0.05, 0) is 77.3 Å². The van der Waals surface area contributed by atoms with Crippen molar-refractivity contribution in [3.05, 3.63) is 41.0 Å². The summed E-state index contributed by atoms with van der Waals surface area (Å²) in [5, 5.41) is 0. The summed E-state index contributed by atoms with van der Waals surface area (Å²) in [5.41, 5.74) is -0.586. The quantitative estimate of drug-likeness (QED) is 0.433. The lowest BCUT2D eigenvalue weighted by Crippen LogP contribution is -2.22. The second-order valence-corrected chi connectivity index (χ2v) is 9.84. The second-order valence-electron chi connectivity index (χ2n) is 8.48. The summed E-state index contributed by atoms with van der Waals surface area (Å²) in [6.45, 7) is 11.9. The lowest BCUT2D eigenvalue weighted by atomic mass is 10.0. The van der Waals surface area contributed by atoms with Gasteiger partial charge in [-0.25, -0.2) is 9.59 Å². The summed E-state index contributed by atoms with van der Waals surface area (Å²) >= 11 is 0. The number of benzene rings is 1. The topological polar surface area (TPSA) is 107 Å². The molecule has 0 unspecified atom stereocenters. The van der Waals surface area contributed by atoms with Crippen LogP contribution in [0.25, 0.3) is 12.2 Å². The minimum Gasteiger partial charge on any atom is -0.457 e. The molecule has 0 saturated carbocycles. The van der Waals surface area contributed by atoms with Gasteiger partial charge in [0.25, 0.3) is 10.1 Å². The van der Waals surface area contributed by atoms with Crippen molar-refractivity contribution in [1.29, 1.82) is 0 Å². The van der Waals surface area contributed by atoms with E-state index in [0.29, 0.717) is 5.56 Å². The molecule has 0 aliphatic rings. The van der Waals surface area contributed by atoms with E-state index < -0.39 is 38.2 Å². The standard InChI is InChI=1S/C21H28O7S/c1-14-12-15(8-10-17(22)27-20(2,3)4)19(29(24,25)26)16(13-14)9-11-18(23)28-21(5,6)7/h8-13H,1-7H3,(H,24,25,26)/b10-8+,11-9+. The van der Waals surface area contributed by atoms with Crippen LogP contribution in [0.2, 0.25) is 0 Å². The maximum Gasteiger partial charge on any atom is 0.331 e. The zero-order chi connectivity index (χ0) is 22.6. The lowest BCUT2D eigenvalue weighted by Gasteiger charge is -2.18. The third kappa shape index (κ3) is 9.06. The smallest absolute Gasteiger partial charge is 0.331 e. The summed E-state index contributed by atoms with van der Waals surface area (Å²) in [5.74, 6) is -1.32. The zero-order valence-corrected chi connectivity index (χ0v) is 18.6. The van der Waals surface area contributed by atoms with Gasteiger partial charge in [-0.2, -0.15) is 8.42 Å². The predicted octanol–water partition coefficient (Wildman–Crippen LogP) is 3.95. The molecule has 1 rings (SSSR count). The van der Waals surface area contributed by atoms with Gasteiger partial charge >= 0.3 is 11.9 Å². The van der Waals surface area contributed by atoms with Crippen LogP contribution in [0.4, 0.5) is 0 Å². The van der Waals surface area contributed by atoms with Gasteiger partial charge in [0, 0.05) is 12.2 Å². The van der Waals surface area contributed by atoms with E-state index in [4.69, 9.17) is 9.47 Å². The Labute approximate surface area is 172 Å². The van der Waals surface area contributed by atoms with Crippen molar-refractivity contribution in [3.8, 4) is 0 Å². The molecule has 7 nitrogen and oxygen atoms in total. The normalized spacial score (nSPS) is 13.1. The number of esters is 2. The molecule has 0 amide bonds. The molecule has 0 radical (unpaired) electrons. The van der Waals surface area contributed by atoms with Crippen molar-refractivity contribution in [3.63, 3.8) is 0 Å². The molecule has 0 aromatic heterocycles. The molecular formula is C21H28O7S. The van der Waals surface area contributed by atoms with Crippen LogP contribution in [-0.4, -0.2) is 36.1 Å². The van der Waals surface area contributed by atoms with E-state index in [9.17, 15) is 22.6 Å². The molecule has 0 atom stereocenters. The van der Waals surface area contributed by atoms with Crippen molar-refractivity contribution in [2.45, 2.75) is 64.6 Å². The van der Waals surface area contributed by atoms with Crippen LogP contribution >= 0.6 is 0 Å². The SMILES string of the molecule is Cc1cc(/C=C/C(=O)OC(C)(C)C)c(S(=O)(=O)O)c(/C=C/C(=O)OC(C)(C)C)c1. The molecule has 1 N–H and O–H groups in total. The van der Waals surface area contributed by atoms with Crippen molar-refractivity contribution in [2.75, 3.05) is 0 Å². The van der Waals surface area contributed by atoms with E-state index in [2.05, 4.69) is 0 Å². The first kappa shape index (κ1) is 24.6. The van der Waals surface area contributed by atoms with Gasteiger partial charge in [-0.15, -0.1) is 0 Å². The van der Waals surface area contributed by atoms with Crippen molar-refractivity contribution in [2.24, 2.45) is 0 Å². The van der Waals surface area contributed by atoms with E-state index in [1.165, 1.54) is 24.3 Å². The van der Waals surface area contributed by atoms with Gasteiger partial charge in [-0.3, -0.25) is 4.55 Å². The van der Waals surface area contributed by atoms with E-state index >= 15 is 0 Å². The van der Waals surface area contributed by atoms with Crippen LogP contribution in [0, 0.1) is 6.92 Å². The van der Waals surface area contributed by atoms with Crippen LogP contribution in [0.3, 0.4) is 0 Å². The maximum atomic E-state index is 12.0. The van der Waals surface area contributed by atoms with Crippen LogP contribution in [-0.2, 0) is 29.2 Å². The zero-order valence-electron chi connectivity index (χ0n) is 17.8. The molecule has 0 aliphatic heterocycles. The largest absolute Gasteiger partial charge is 0.457 e. The van der Waals surface area contributed by atoms with Gasteiger partial charge in [0.2, 0.25) is 0 Å². The molecule has 1 aromatic rings. The lowest BCUT2D eigenvalue weighted by molar-refractivity contribution is -0.149. The Balaban J connectivity index is 3.39. The Morgan fingerprint density at radius 1 is 0.862 bits per heavy atom. The molecule has 0 fully saturated rings. The second kappa shape index (κ2) is 8.92. The van der Waals surface area contributed by atoms with Crippen LogP contribution in [0.5, 0.6) is 0 Å². The molecule has 0 spiro atoms. The highest BCUT2D eigenvalue weighted by Gasteiger charge is 2.21. The first-order chi connectivity index (χ1) is 13.0. The molecule has 8 heteroatoms. The molecular weight excluding hydrogens is 396 g/mol. The Hall–Kier alpha value is -2.45. The number of ether oxygens (including phenoxy) is 2. The number of aryl methyl sites for hydroxylation is 1. The van der Waals surface area contributed by atoms with Crippen LogP contribution in [0.15, 0.2) is 29.2 Å². The average Bonchev–Trinajstić information content (AvgIpc) is 2.45. The number of hydrogen-bond donors (Lipinski definition) is 1. The highest BCUT2D eigenvalue weighted by Crippen LogP contribution is 2.26. The summed E-state index contributed by atoms with van der Waals surface area (Å²) in [6.07, 6.45) is 4.65. The Kier molecular flexibility index (Phi) is 7.56. The number of carbonyl (C=O) groups excluding carboxylic acids is 2. The fourth-order valence-electron chi connectivity index (χ4n) is 2.36. The summed E-state index contributed by atoms with van der Waals surface area (Å²) in [6, 6.07) is 2.99. The Morgan fingerprint density at radius 3 is 1.48 bits per heavy atom. The molecule has 0 saturated heterocycles. The third-order valence-electron chi connectivity index (χ3n) is 3.16. The fourth-order valence-corrected chi connectivity index (χ4v) is 3.21. The van der Waals surface area contributed by atoms with E-state index in [1.807, 2.05) is 0 Å². The predicted molar refractivity (Wildman–Crippen MR) is 111 cm³/mol. The Bertz CT molecular complexity index is 881. The molecule has 1 aromatic carbocycles. The summed E-state index contributed by atoms with van der Waals surface area (Å²) < 4.78 is 44.0. The average molecular weight is 425 g/mol. The minimum absolute atomic E-state index is 0.0854. The fraction of sp³-hybridized carbons (Fsp3) is 0.429. The van der Waals surface area contributed by atoms with Gasteiger partial charge in [0.15, 0.2) is 0 Å².